The van der Waals surface area contributed by atoms with Crippen LogP contribution in [0.2, 0.25) is 0 Å². The van der Waals surface area contributed by atoms with Crippen molar-refractivity contribution >= 4 is 60.3 Å². The Kier molecular flexibility index (Phi) is 5.44. The van der Waals surface area contributed by atoms with Gasteiger partial charge in [-0.05, 0) is 82.6 Å². The van der Waals surface area contributed by atoms with E-state index in [0.29, 0.717) is 0 Å². The Morgan fingerprint density at radius 3 is 2.04 bits per heavy atom. The molecule has 0 amide bonds. The molecule has 0 aliphatic heterocycles. The maximum absolute atomic E-state index is 2.52. The number of hydrogen-bond acceptors (Lipinski definition) is 0. The van der Waals surface area contributed by atoms with Gasteiger partial charge >= 0.3 is 0 Å². The van der Waals surface area contributed by atoms with E-state index < -0.39 is 0 Å². The van der Waals surface area contributed by atoms with Crippen LogP contribution in [0.4, 0.5) is 0 Å². The smallest absolute Gasteiger partial charge is 0.0562 e. The van der Waals surface area contributed by atoms with Crippen LogP contribution in [-0.4, -0.2) is 9.13 Å². The summed E-state index contributed by atoms with van der Waals surface area (Å²) in [6.07, 6.45) is 6.76. The molecule has 2 heteroatoms. The summed E-state index contributed by atoms with van der Waals surface area (Å²) >= 11 is 0. The topological polar surface area (TPSA) is 9.86 Å². The summed E-state index contributed by atoms with van der Waals surface area (Å²) < 4.78 is 4.99. The van der Waals surface area contributed by atoms with Crippen LogP contribution in [0.3, 0.4) is 0 Å². The zero-order valence-corrected chi connectivity index (χ0v) is 25.3. The monoisotopic (exact) mass is 586 g/mol. The molecular weight excluding hydrogens is 556 g/mol. The van der Waals surface area contributed by atoms with Gasteiger partial charge in [-0.25, -0.2) is 0 Å². The Bertz CT molecular complexity index is 2680. The normalized spacial score (nSPS) is 13.0. The molecule has 0 fully saturated rings. The first-order valence-electron chi connectivity index (χ1n) is 16.2. The quantitative estimate of drug-likeness (QED) is 0.195. The van der Waals surface area contributed by atoms with Crippen LogP contribution in [0, 0.1) is 0 Å². The van der Waals surface area contributed by atoms with Gasteiger partial charge in [-0.2, -0.15) is 0 Å². The van der Waals surface area contributed by atoms with E-state index in [1.54, 1.807) is 0 Å². The lowest BCUT2D eigenvalue weighted by Crippen LogP contribution is -2.03. The molecule has 46 heavy (non-hydrogen) atoms. The minimum atomic E-state index is 1.03. The van der Waals surface area contributed by atoms with E-state index in [-0.39, 0.29) is 0 Å². The molecule has 0 saturated carbocycles. The van der Waals surface area contributed by atoms with Crippen LogP contribution in [-0.2, 0) is 6.42 Å². The lowest BCUT2D eigenvalue weighted by Gasteiger charge is -2.15. The van der Waals surface area contributed by atoms with E-state index in [1.807, 2.05) is 0 Å². The molecule has 0 atom stereocenters. The number of fused-ring (bicyclic) bond motifs is 8. The van der Waals surface area contributed by atoms with Crippen LogP contribution >= 0.6 is 0 Å². The van der Waals surface area contributed by atoms with Crippen molar-refractivity contribution in [2.75, 3.05) is 0 Å². The van der Waals surface area contributed by atoms with Crippen molar-refractivity contribution in [3.63, 3.8) is 0 Å². The van der Waals surface area contributed by atoms with Gasteiger partial charge < -0.3 is 9.13 Å². The van der Waals surface area contributed by atoms with Crippen LogP contribution in [0.25, 0.3) is 82.8 Å². The van der Waals surface area contributed by atoms with Crippen LogP contribution in [0.15, 0.2) is 152 Å². The molecule has 7 aromatic carbocycles. The fourth-order valence-electron chi connectivity index (χ4n) is 7.81. The Balaban J connectivity index is 1.22. The highest BCUT2D eigenvalue weighted by Crippen LogP contribution is 2.41. The zero-order valence-electron chi connectivity index (χ0n) is 25.3. The molecule has 216 valence electrons. The van der Waals surface area contributed by atoms with Crippen molar-refractivity contribution in [2.45, 2.75) is 12.8 Å². The maximum atomic E-state index is 2.52. The average Bonchev–Trinajstić information content (AvgIpc) is 3.62. The van der Waals surface area contributed by atoms with E-state index in [1.165, 1.54) is 88.0 Å². The van der Waals surface area contributed by atoms with Gasteiger partial charge in [-0.3, -0.25) is 0 Å². The summed E-state index contributed by atoms with van der Waals surface area (Å²) in [5, 5.41) is 8.95. The molecule has 1 aliphatic rings. The van der Waals surface area contributed by atoms with E-state index in [0.717, 1.165) is 12.8 Å². The second kappa shape index (κ2) is 9.82. The summed E-state index contributed by atoms with van der Waals surface area (Å²) in [5.74, 6) is 0. The molecule has 10 rings (SSSR count). The minimum absolute atomic E-state index is 1.03. The Morgan fingerprint density at radius 1 is 0.435 bits per heavy atom. The summed E-state index contributed by atoms with van der Waals surface area (Å²) in [6, 6.07) is 53.6. The molecule has 0 saturated heterocycles. The predicted octanol–water partition coefficient (Wildman–Crippen LogP) is 11.7. The fourth-order valence-corrected chi connectivity index (χ4v) is 7.81. The first-order valence-corrected chi connectivity index (χ1v) is 16.2. The highest BCUT2D eigenvalue weighted by atomic mass is 15.0. The Morgan fingerprint density at radius 2 is 1.15 bits per heavy atom. The molecule has 0 radical (unpaired) electrons. The van der Waals surface area contributed by atoms with Crippen LogP contribution in [0.1, 0.15) is 17.7 Å². The van der Waals surface area contributed by atoms with Gasteiger partial charge in [0.25, 0.3) is 0 Å². The van der Waals surface area contributed by atoms with Gasteiger partial charge in [0.05, 0.1) is 22.2 Å². The third-order valence-corrected chi connectivity index (χ3v) is 9.95. The number of allylic oxidation sites excluding steroid dienone is 1. The molecule has 0 spiro atoms. The molecular formula is C44H30N2. The second-order valence-electron chi connectivity index (χ2n) is 12.5. The van der Waals surface area contributed by atoms with Gasteiger partial charge in [0.2, 0.25) is 0 Å². The van der Waals surface area contributed by atoms with Crippen molar-refractivity contribution in [1.82, 2.24) is 9.13 Å². The summed E-state index contributed by atoms with van der Waals surface area (Å²) in [6.45, 7) is 0. The van der Waals surface area contributed by atoms with E-state index >= 15 is 0 Å². The highest BCUT2D eigenvalue weighted by molar-refractivity contribution is 6.15. The van der Waals surface area contributed by atoms with Gasteiger partial charge in [0.1, 0.15) is 0 Å². The van der Waals surface area contributed by atoms with E-state index in [2.05, 4.69) is 167 Å². The number of hydrogen-bond donors (Lipinski definition) is 0. The van der Waals surface area contributed by atoms with Crippen LogP contribution in [0.5, 0.6) is 0 Å². The molecule has 9 aromatic rings. The molecule has 0 N–H and O–H groups in total. The van der Waals surface area contributed by atoms with Crippen molar-refractivity contribution in [3.05, 3.63) is 163 Å². The maximum Gasteiger partial charge on any atom is 0.0562 e. The van der Waals surface area contributed by atoms with Gasteiger partial charge in [-0.1, -0.05) is 115 Å². The van der Waals surface area contributed by atoms with Crippen LogP contribution < -0.4 is 0 Å². The molecule has 2 heterocycles. The first-order chi connectivity index (χ1) is 22.8. The SMILES string of the molecule is C1=Cc2c(n(-c3ccc(-c4ccc5ccccc5c4)cc3)c3cc4c(cc23)c2ccccc2n4-c2cccc3ccccc23)CC1. The number of aromatic nitrogens is 2. The Labute approximate surface area is 267 Å². The van der Waals surface area contributed by atoms with E-state index in [9.17, 15) is 0 Å². The average molecular weight is 587 g/mol. The molecule has 1 aliphatic carbocycles. The molecule has 0 bridgehead atoms. The minimum Gasteiger partial charge on any atom is -0.313 e. The highest BCUT2D eigenvalue weighted by Gasteiger charge is 2.22. The molecule has 2 aromatic heterocycles. The largest absolute Gasteiger partial charge is 0.313 e. The lowest BCUT2D eigenvalue weighted by atomic mass is 10.0. The van der Waals surface area contributed by atoms with E-state index in [4.69, 9.17) is 0 Å². The number of para-hydroxylation sites is 1. The zero-order chi connectivity index (χ0) is 30.2. The van der Waals surface area contributed by atoms with Crippen molar-refractivity contribution in [2.24, 2.45) is 0 Å². The Hall–Kier alpha value is -5.86. The third kappa shape index (κ3) is 3.71. The van der Waals surface area contributed by atoms with Gasteiger partial charge in [0, 0.05) is 38.5 Å². The number of nitrogens with zero attached hydrogens (tertiary/aromatic N) is 2. The summed E-state index contributed by atoms with van der Waals surface area (Å²) in [7, 11) is 0. The fraction of sp³-hybridized carbons (Fsp3) is 0.0455. The molecule has 2 nitrogen and oxygen atoms in total. The third-order valence-electron chi connectivity index (χ3n) is 9.95. The number of benzene rings is 7. The first kappa shape index (κ1) is 25.5. The van der Waals surface area contributed by atoms with Crippen molar-refractivity contribution in [1.29, 1.82) is 0 Å². The van der Waals surface area contributed by atoms with Crippen molar-refractivity contribution in [3.8, 4) is 22.5 Å². The summed E-state index contributed by atoms with van der Waals surface area (Å²) in [4.78, 5) is 0. The molecule has 0 unspecified atom stereocenters. The predicted molar refractivity (Wildman–Crippen MR) is 195 cm³/mol. The summed E-state index contributed by atoms with van der Waals surface area (Å²) in [5.41, 5.74) is 11.4. The standard InChI is InChI=1S/C44H30N2/c1-2-12-32-26-33(21-20-29(32)10-1)30-22-24-34(25-23-30)45-41-17-7-5-15-36(41)38-27-39-37-16-6-8-18-42(37)46(44(39)28-43(38)45)40-19-9-13-31-11-3-4-14-35(31)40/h1-6,8-16,18-28H,7,17H2. The van der Waals surface area contributed by atoms with Gasteiger partial charge in [0.15, 0.2) is 0 Å². The second-order valence-corrected chi connectivity index (χ2v) is 12.5. The lowest BCUT2D eigenvalue weighted by molar-refractivity contribution is 0.889. The van der Waals surface area contributed by atoms with Gasteiger partial charge in [-0.15, -0.1) is 0 Å². The van der Waals surface area contributed by atoms with Crippen molar-refractivity contribution < 1.29 is 0 Å². The number of rotatable bonds is 3.